The maximum absolute atomic E-state index is 13.1. The van der Waals surface area contributed by atoms with Gasteiger partial charge in [0, 0.05) is 12.4 Å². The Hall–Kier alpha value is -1.23. The number of carbonyl (C=O) groups is 1. The van der Waals surface area contributed by atoms with Gasteiger partial charge in [0.2, 0.25) is 0 Å². The molecule has 0 aliphatic carbocycles. The molecule has 1 aromatic rings. The predicted octanol–water partition coefficient (Wildman–Crippen LogP) is 2.46. The van der Waals surface area contributed by atoms with Gasteiger partial charge in [-0.3, -0.25) is 4.79 Å². The highest BCUT2D eigenvalue weighted by Crippen LogP contribution is 2.14. The summed E-state index contributed by atoms with van der Waals surface area (Å²) in [6.07, 6.45) is 0.512. The summed E-state index contributed by atoms with van der Waals surface area (Å²) in [5, 5.41) is 2.33. The van der Waals surface area contributed by atoms with Crippen molar-refractivity contribution in [3.8, 4) is 0 Å². The highest BCUT2D eigenvalue weighted by molar-refractivity contribution is 6.17. The third-order valence-corrected chi connectivity index (χ3v) is 2.14. The van der Waals surface area contributed by atoms with Crippen LogP contribution in [-0.4, -0.2) is 18.3 Å². The molecule has 0 unspecified atom stereocenters. The third kappa shape index (κ3) is 2.88. The first kappa shape index (κ1) is 12.8. The summed E-state index contributed by atoms with van der Waals surface area (Å²) < 4.78 is 38.5. The van der Waals surface area contributed by atoms with Gasteiger partial charge in [0.15, 0.2) is 17.5 Å². The first-order valence-corrected chi connectivity index (χ1v) is 5.09. The molecule has 6 heteroatoms. The van der Waals surface area contributed by atoms with E-state index in [1.165, 1.54) is 0 Å². The van der Waals surface area contributed by atoms with Crippen LogP contribution in [0.1, 0.15) is 16.8 Å². The number of rotatable bonds is 4. The van der Waals surface area contributed by atoms with Crippen molar-refractivity contribution >= 4 is 17.5 Å². The van der Waals surface area contributed by atoms with Crippen molar-refractivity contribution in [1.29, 1.82) is 0 Å². The Morgan fingerprint density at radius 2 is 1.94 bits per heavy atom. The van der Waals surface area contributed by atoms with Gasteiger partial charge in [-0.25, -0.2) is 13.2 Å². The van der Waals surface area contributed by atoms with Crippen LogP contribution in [0.2, 0.25) is 0 Å². The zero-order valence-corrected chi connectivity index (χ0v) is 8.95. The van der Waals surface area contributed by atoms with Crippen LogP contribution in [0.3, 0.4) is 0 Å². The average Bonchev–Trinajstić information content (AvgIpc) is 2.26. The highest BCUT2D eigenvalue weighted by atomic mass is 35.5. The third-order valence-electron chi connectivity index (χ3n) is 1.88. The summed E-state index contributed by atoms with van der Waals surface area (Å²) in [5.41, 5.74) is -0.520. The van der Waals surface area contributed by atoms with Gasteiger partial charge in [-0.05, 0) is 18.6 Å². The number of carbonyl (C=O) groups excluding carboxylic acids is 1. The maximum Gasteiger partial charge on any atom is 0.254 e. The van der Waals surface area contributed by atoms with E-state index >= 15 is 0 Å². The minimum Gasteiger partial charge on any atom is -0.352 e. The van der Waals surface area contributed by atoms with Crippen LogP contribution >= 0.6 is 11.6 Å². The Morgan fingerprint density at radius 1 is 1.25 bits per heavy atom. The molecule has 0 aliphatic rings. The smallest absolute Gasteiger partial charge is 0.254 e. The Labute approximate surface area is 95.4 Å². The monoisotopic (exact) mass is 251 g/mol. The second-order valence-corrected chi connectivity index (χ2v) is 3.40. The predicted molar refractivity (Wildman–Crippen MR) is 54.0 cm³/mol. The summed E-state index contributed by atoms with van der Waals surface area (Å²) in [7, 11) is 0. The second-order valence-electron chi connectivity index (χ2n) is 3.02. The standard InChI is InChI=1S/C10H9ClF3NO/c11-4-1-5-15-10(16)6-2-3-7(12)9(14)8(6)13/h2-3H,1,4-5H2,(H,15,16). The van der Waals surface area contributed by atoms with Crippen LogP contribution in [0.5, 0.6) is 0 Å². The summed E-state index contributed by atoms with van der Waals surface area (Å²) >= 11 is 5.37. The number of nitrogens with one attached hydrogen (secondary N) is 1. The average molecular weight is 252 g/mol. The van der Waals surface area contributed by atoms with Crippen molar-refractivity contribution in [2.45, 2.75) is 6.42 Å². The molecule has 2 nitrogen and oxygen atoms in total. The van der Waals surface area contributed by atoms with Crippen LogP contribution < -0.4 is 5.32 Å². The quantitative estimate of drug-likeness (QED) is 0.497. The van der Waals surface area contributed by atoms with E-state index in [0.29, 0.717) is 18.4 Å². The fourth-order valence-corrected chi connectivity index (χ4v) is 1.20. The molecule has 1 amide bonds. The van der Waals surface area contributed by atoms with Crippen molar-refractivity contribution in [2.24, 2.45) is 0 Å². The van der Waals surface area contributed by atoms with Crippen molar-refractivity contribution in [3.63, 3.8) is 0 Å². The van der Waals surface area contributed by atoms with E-state index < -0.39 is 28.9 Å². The van der Waals surface area contributed by atoms with E-state index in [0.717, 1.165) is 6.07 Å². The molecule has 0 spiro atoms. The molecule has 0 aromatic heterocycles. The molecule has 88 valence electrons. The van der Waals surface area contributed by atoms with E-state index in [-0.39, 0.29) is 6.54 Å². The van der Waals surface area contributed by atoms with Gasteiger partial charge in [0.05, 0.1) is 5.56 Å². The molecule has 1 N–H and O–H groups in total. The lowest BCUT2D eigenvalue weighted by Gasteiger charge is -2.05. The molecule has 0 fully saturated rings. The van der Waals surface area contributed by atoms with Gasteiger partial charge >= 0.3 is 0 Å². The van der Waals surface area contributed by atoms with Crippen LogP contribution in [0.15, 0.2) is 12.1 Å². The van der Waals surface area contributed by atoms with Gasteiger partial charge in [-0.2, -0.15) is 0 Å². The molecule has 1 aromatic carbocycles. The number of hydrogen-bond acceptors (Lipinski definition) is 1. The molecule has 0 atom stereocenters. The van der Waals surface area contributed by atoms with Crippen molar-refractivity contribution in [2.75, 3.05) is 12.4 Å². The van der Waals surface area contributed by atoms with Crippen LogP contribution in [-0.2, 0) is 0 Å². The normalized spacial score (nSPS) is 10.2. The van der Waals surface area contributed by atoms with Gasteiger partial charge in [-0.15, -0.1) is 11.6 Å². The SMILES string of the molecule is O=C(NCCCCl)c1ccc(F)c(F)c1F. The molecule has 0 saturated carbocycles. The fraction of sp³-hybridized carbons (Fsp3) is 0.300. The summed E-state index contributed by atoms with van der Waals surface area (Å²) in [6, 6.07) is 1.60. The molecule has 0 bridgehead atoms. The molecule has 0 heterocycles. The zero-order valence-electron chi connectivity index (χ0n) is 8.20. The van der Waals surface area contributed by atoms with Gasteiger partial charge in [0.1, 0.15) is 0 Å². The lowest BCUT2D eigenvalue weighted by Crippen LogP contribution is -2.26. The van der Waals surface area contributed by atoms with E-state index in [1.807, 2.05) is 0 Å². The van der Waals surface area contributed by atoms with Gasteiger partial charge in [-0.1, -0.05) is 0 Å². The van der Waals surface area contributed by atoms with E-state index in [2.05, 4.69) is 5.32 Å². The van der Waals surface area contributed by atoms with Crippen molar-refractivity contribution < 1.29 is 18.0 Å². The summed E-state index contributed by atoms with van der Waals surface area (Å²) in [6.45, 7) is 0.251. The summed E-state index contributed by atoms with van der Waals surface area (Å²) in [4.78, 5) is 11.3. The zero-order chi connectivity index (χ0) is 12.1. The summed E-state index contributed by atoms with van der Waals surface area (Å²) in [5.74, 6) is -4.90. The highest BCUT2D eigenvalue weighted by Gasteiger charge is 2.18. The van der Waals surface area contributed by atoms with Crippen LogP contribution in [0, 0.1) is 17.5 Å². The minimum atomic E-state index is -1.65. The maximum atomic E-state index is 13.1. The Balaban J connectivity index is 2.80. The number of benzene rings is 1. The fourth-order valence-electron chi connectivity index (χ4n) is 1.07. The Bertz CT molecular complexity index is 398. The van der Waals surface area contributed by atoms with Gasteiger partial charge in [0.25, 0.3) is 5.91 Å². The lowest BCUT2D eigenvalue weighted by atomic mass is 10.2. The minimum absolute atomic E-state index is 0.251. The van der Waals surface area contributed by atoms with Crippen LogP contribution in [0.4, 0.5) is 13.2 Å². The molecule has 0 aliphatic heterocycles. The second kappa shape index (κ2) is 5.75. The molecule has 16 heavy (non-hydrogen) atoms. The first-order valence-electron chi connectivity index (χ1n) is 4.55. The molecule has 1 rings (SSSR count). The van der Waals surface area contributed by atoms with Gasteiger partial charge < -0.3 is 5.32 Å². The molecular formula is C10H9ClF3NO. The van der Waals surface area contributed by atoms with Crippen molar-refractivity contribution in [1.82, 2.24) is 5.32 Å². The van der Waals surface area contributed by atoms with E-state index in [9.17, 15) is 18.0 Å². The van der Waals surface area contributed by atoms with E-state index in [1.54, 1.807) is 0 Å². The number of alkyl halides is 1. The molecular weight excluding hydrogens is 243 g/mol. The number of hydrogen-bond donors (Lipinski definition) is 1. The Kier molecular flexibility index (Phi) is 4.61. The van der Waals surface area contributed by atoms with Crippen molar-refractivity contribution in [3.05, 3.63) is 35.1 Å². The largest absolute Gasteiger partial charge is 0.352 e. The lowest BCUT2D eigenvalue weighted by molar-refractivity contribution is 0.0948. The first-order chi connectivity index (χ1) is 7.57. The molecule has 0 saturated heterocycles. The molecule has 0 radical (unpaired) electrons. The topological polar surface area (TPSA) is 29.1 Å². The number of amides is 1. The van der Waals surface area contributed by atoms with Crippen LogP contribution in [0.25, 0.3) is 0 Å². The van der Waals surface area contributed by atoms with E-state index in [4.69, 9.17) is 11.6 Å². The Morgan fingerprint density at radius 3 is 2.56 bits per heavy atom. The number of halogens is 4.